The fourth-order valence-corrected chi connectivity index (χ4v) is 5.19. The molecule has 2 aliphatic rings. The van der Waals surface area contributed by atoms with Gasteiger partial charge in [0.1, 0.15) is 5.82 Å². The molecule has 23 heavy (non-hydrogen) atoms. The first kappa shape index (κ1) is 16.8. The van der Waals surface area contributed by atoms with Crippen LogP contribution in [0.2, 0.25) is 0 Å². The topological polar surface area (TPSA) is 67.4 Å². The minimum absolute atomic E-state index is 0.133. The zero-order valence-electron chi connectivity index (χ0n) is 13.2. The van der Waals surface area contributed by atoms with Crippen molar-refractivity contribution in [1.29, 1.82) is 0 Å². The molecule has 0 spiro atoms. The molecule has 1 heterocycles. The summed E-state index contributed by atoms with van der Waals surface area (Å²) in [5, 5.41) is 3.36. The molecule has 1 aliphatic carbocycles. The smallest absolute Gasteiger partial charge is 0.216 e. The van der Waals surface area contributed by atoms with Crippen LogP contribution in [0.3, 0.4) is 0 Å². The lowest BCUT2D eigenvalue weighted by atomic mass is 9.78. The standard InChI is InChI=1S/C16H23FN2O3S/c1-22-16-7-13-9-18-8-12(13)6-15(16)19-23(20,21)10-11-4-2-3-5-14(11)17/h2-5,12-13,15-16,18-19H,6-10H2,1H3/t12-,13+,15-,16-/m0/s1. The van der Waals surface area contributed by atoms with Crippen molar-refractivity contribution in [2.75, 3.05) is 20.2 Å². The van der Waals surface area contributed by atoms with E-state index in [1.165, 1.54) is 12.1 Å². The van der Waals surface area contributed by atoms with Crippen LogP contribution in [0, 0.1) is 17.7 Å². The van der Waals surface area contributed by atoms with Crippen LogP contribution in [-0.2, 0) is 20.5 Å². The molecule has 4 atom stereocenters. The number of fused-ring (bicyclic) bond motifs is 1. The summed E-state index contributed by atoms with van der Waals surface area (Å²) in [4.78, 5) is 0. The van der Waals surface area contributed by atoms with E-state index >= 15 is 0 Å². The molecule has 7 heteroatoms. The second kappa shape index (κ2) is 6.84. The molecule has 2 N–H and O–H groups in total. The Labute approximate surface area is 136 Å². The van der Waals surface area contributed by atoms with Crippen LogP contribution in [0.5, 0.6) is 0 Å². The first-order valence-corrected chi connectivity index (χ1v) is 9.60. The Morgan fingerprint density at radius 1 is 1.26 bits per heavy atom. The van der Waals surface area contributed by atoms with Gasteiger partial charge in [-0.1, -0.05) is 18.2 Å². The maximum atomic E-state index is 13.7. The average Bonchev–Trinajstić information content (AvgIpc) is 2.95. The van der Waals surface area contributed by atoms with Crippen LogP contribution in [-0.4, -0.2) is 40.8 Å². The zero-order chi connectivity index (χ0) is 16.4. The molecule has 3 rings (SSSR count). The lowest BCUT2D eigenvalue weighted by Crippen LogP contribution is -2.50. The van der Waals surface area contributed by atoms with Crippen LogP contribution in [0.1, 0.15) is 18.4 Å². The van der Waals surface area contributed by atoms with Crippen LogP contribution in [0.15, 0.2) is 24.3 Å². The number of nitrogens with one attached hydrogen (secondary N) is 2. The highest BCUT2D eigenvalue weighted by molar-refractivity contribution is 7.88. The van der Waals surface area contributed by atoms with Gasteiger partial charge in [0, 0.05) is 18.7 Å². The number of hydrogen-bond acceptors (Lipinski definition) is 4. The van der Waals surface area contributed by atoms with E-state index in [1.807, 2.05) is 0 Å². The van der Waals surface area contributed by atoms with Gasteiger partial charge in [0.2, 0.25) is 10.0 Å². The highest BCUT2D eigenvalue weighted by atomic mass is 32.2. The third-order valence-electron chi connectivity index (χ3n) is 4.96. The summed E-state index contributed by atoms with van der Waals surface area (Å²) in [6, 6.07) is 5.71. The number of ether oxygens (including phenoxy) is 1. The third-order valence-corrected chi connectivity index (χ3v) is 6.31. The zero-order valence-corrected chi connectivity index (χ0v) is 14.0. The maximum Gasteiger partial charge on any atom is 0.216 e. The normalized spacial score (nSPS) is 31.0. The molecular weight excluding hydrogens is 319 g/mol. The molecule has 0 aromatic heterocycles. The van der Waals surface area contributed by atoms with Gasteiger partial charge in [-0.15, -0.1) is 0 Å². The summed E-state index contributed by atoms with van der Waals surface area (Å²) in [6.07, 6.45) is 1.47. The number of halogens is 1. The second-order valence-electron chi connectivity index (χ2n) is 6.50. The highest BCUT2D eigenvalue weighted by Gasteiger charge is 2.41. The average molecular weight is 342 g/mol. The van der Waals surface area contributed by atoms with Crippen molar-refractivity contribution in [3.8, 4) is 0 Å². The van der Waals surface area contributed by atoms with E-state index < -0.39 is 15.8 Å². The summed E-state index contributed by atoms with van der Waals surface area (Å²) in [5.74, 6) is 0.179. The van der Waals surface area contributed by atoms with Crippen molar-refractivity contribution in [2.24, 2.45) is 11.8 Å². The SMILES string of the molecule is CO[C@H]1C[C@@H]2CNC[C@@H]2C[C@@H]1NS(=O)(=O)Cc1ccccc1F. The van der Waals surface area contributed by atoms with Crippen LogP contribution in [0.25, 0.3) is 0 Å². The molecule has 128 valence electrons. The monoisotopic (exact) mass is 342 g/mol. The minimum Gasteiger partial charge on any atom is -0.380 e. The van der Waals surface area contributed by atoms with Gasteiger partial charge in [0.25, 0.3) is 0 Å². The maximum absolute atomic E-state index is 13.7. The van der Waals surface area contributed by atoms with E-state index in [0.717, 1.165) is 25.9 Å². The van der Waals surface area contributed by atoms with Crippen LogP contribution in [0.4, 0.5) is 4.39 Å². The summed E-state index contributed by atoms with van der Waals surface area (Å²) < 4.78 is 46.8. The number of sulfonamides is 1. The number of hydrogen-bond donors (Lipinski definition) is 2. The third kappa shape index (κ3) is 3.91. The fourth-order valence-electron chi connectivity index (χ4n) is 3.76. The quantitative estimate of drug-likeness (QED) is 0.845. The lowest BCUT2D eigenvalue weighted by Gasteiger charge is -2.37. The number of methoxy groups -OCH3 is 1. The molecule has 5 nitrogen and oxygen atoms in total. The van der Waals surface area contributed by atoms with E-state index in [0.29, 0.717) is 11.8 Å². The van der Waals surface area contributed by atoms with E-state index in [-0.39, 0.29) is 23.5 Å². The van der Waals surface area contributed by atoms with Gasteiger partial charge in [-0.2, -0.15) is 0 Å². The molecule has 0 radical (unpaired) electrons. The lowest BCUT2D eigenvalue weighted by molar-refractivity contribution is 0.0194. The second-order valence-corrected chi connectivity index (χ2v) is 8.25. The van der Waals surface area contributed by atoms with Crippen molar-refractivity contribution in [3.05, 3.63) is 35.6 Å². The Bertz CT molecular complexity index is 652. The molecule has 0 unspecified atom stereocenters. The fraction of sp³-hybridized carbons (Fsp3) is 0.625. The summed E-state index contributed by atoms with van der Waals surface area (Å²) in [5.41, 5.74) is 0.185. The van der Waals surface area contributed by atoms with Gasteiger partial charge in [-0.3, -0.25) is 0 Å². The predicted molar refractivity (Wildman–Crippen MR) is 85.8 cm³/mol. The Hall–Kier alpha value is -1.02. The van der Waals surface area contributed by atoms with Gasteiger partial charge in [-0.25, -0.2) is 17.5 Å². The summed E-state index contributed by atoms with van der Waals surface area (Å²) in [6.45, 7) is 1.89. The van der Waals surface area contributed by atoms with E-state index in [9.17, 15) is 12.8 Å². The first-order valence-electron chi connectivity index (χ1n) is 7.95. The van der Waals surface area contributed by atoms with Crippen LogP contribution < -0.4 is 10.0 Å². The molecule has 0 bridgehead atoms. The Balaban J connectivity index is 1.70. The van der Waals surface area contributed by atoms with Gasteiger partial charge in [-0.05, 0) is 43.8 Å². The summed E-state index contributed by atoms with van der Waals surface area (Å²) >= 11 is 0. The Morgan fingerprint density at radius 2 is 1.96 bits per heavy atom. The number of benzene rings is 1. The van der Waals surface area contributed by atoms with E-state index in [2.05, 4.69) is 10.0 Å². The molecule has 1 aliphatic heterocycles. The largest absolute Gasteiger partial charge is 0.380 e. The van der Waals surface area contributed by atoms with Gasteiger partial charge in [0.15, 0.2) is 0 Å². The molecule has 1 saturated carbocycles. The van der Waals surface area contributed by atoms with E-state index in [4.69, 9.17) is 4.74 Å². The molecule has 0 amide bonds. The predicted octanol–water partition coefficient (Wildman–Crippen LogP) is 1.26. The van der Waals surface area contributed by atoms with Crippen molar-refractivity contribution in [1.82, 2.24) is 10.0 Å². The van der Waals surface area contributed by atoms with E-state index in [1.54, 1.807) is 19.2 Å². The molecule has 2 fully saturated rings. The van der Waals surface area contributed by atoms with Crippen molar-refractivity contribution >= 4 is 10.0 Å². The van der Waals surface area contributed by atoms with Crippen LogP contribution >= 0.6 is 0 Å². The number of rotatable bonds is 5. The van der Waals surface area contributed by atoms with Gasteiger partial charge >= 0.3 is 0 Å². The minimum atomic E-state index is -3.62. The Kier molecular flexibility index (Phi) is 5.01. The van der Waals surface area contributed by atoms with Crippen molar-refractivity contribution in [2.45, 2.75) is 30.7 Å². The Morgan fingerprint density at radius 3 is 2.65 bits per heavy atom. The van der Waals surface area contributed by atoms with Gasteiger partial charge in [0.05, 0.1) is 11.9 Å². The first-order chi connectivity index (χ1) is 11.0. The molecule has 1 aromatic rings. The molecule has 1 aromatic carbocycles. The molecule has 1 saturated heterocycles. The van der Waals surface area contributed by atoms with Crippen molar-refractivity contribution < 1.29 is 17.5 Å². The highest BCUT2D eigenvalue weighted by Crippen LogP contribution is 2.34. The van der Waals surface area contributed by atoms with Crippen molar-refractivity contribution in [3.63, 3.8) is 0 Å². The summed E-state index contributed by atoms with van der Waals surface area (Å²) in [7, 11) is -2.00. The van der Waals surface area contributed by atoms with Gasteiger partial charge < -0.3 is 10.1 Å². The molecular formula is C16H23FN2O3S.